The van der Waals surface area contributed by atoms with Crippen molar-refractivity contribution in [2.45, 2.75) is 32.0 Å². The third-order valence-electron chi connectivity index (χ3n) is 3.57. The minimum Gasteiger partial charge on any atom is -0.390 e. The fraction of sp³-hybridized carbons (Fsp3) is 0.438. The zero-order valence-electron chi connectivity index (χ0n) is 12.6. The maximum absolute atomic E-state index is 10.3. The van der Waals surface area contributed by atoms with Crippen molar-refractivity contribution in [3.05, 3.63) is 52.0 Å². The molecule has 1 aromatic heterocycles. The van der Waals surface area contributed by atoms with Crippen LogP contribution in [0.3, 0.4) is 0 Å². The van der Waals surface area contributed by atoms with Gasteiger partial charge in [-0.15, -0.1) is 11.3 Å². The molecule has 0 bridgehead atoms. The average Bonchev–Trinajstić information content (AvgIpc) is 2.85. The number of hydrogen-bond donors (Lipinski definition) is 2. The van der Waals surface area contributed by atoms with Crippen LogP contribution in [0.1, 0.15) is 16.1 Å². The zero-order chi connectivity index (χ0) is 15.2. The second-order valence-electron chi connectivity index (χ2n) is 5.48. The van der Waals surface area contributed by atoms with Crippen LogP contribution in [0.25, 0.3) is 0 Å². The van der Waals surface area contributed by atoms with E-state index in [0.717, 1.165) is 17.8 Å². The summed E-state index contributed by atoms with van der Waals surface area (Å²) in [5.74, 6) is 0. The van der Waals surface area contributed by atoms with E-state index in [0.29, 0.717) is 13.0 Å². The summed E-state index contributed by atoms with van der Waals surface area (Å²) in [6, 6.07) is 9.79. The van der Waals surface area contributed by atoms with Crippen molar-refractivity contribution in [2.24, 2.45) is 5.73 Å². The predicted molar refractivity (Wildman–Crippen MR) is 87.3 cm³/mol. The Balaban J connectivity index is 1.82. The molecule has 2 aromatic rings. The summed E-state index contributed by atoms with van der Waals surface area (Å²) in [5, 5.41) is 10.3. The Morgan fingerprint density at radius 2 is 2.05 bits per heavy atom. The van der Waals surface area contributed by atoms with Gasteiger partial charge in [-0.05, 0) is 26.0 Å². The number of benzene rings is 1. The molecule has 0 aliphatic rings. The van der Waals surface area contributed by atoms with Gasteiger partial charge in [0.2, 0.25) is 0 Å². The van der Waals surface area contributed by atoms with Gasteiger partial charge in [0.05, 0.1) is 17.3 Å². The first-order valence-corrected chi connectivity index (χ1v) is 7.99. The quantitative estimate of drug-likeness (QED) is 0.819. The molecule has 0 radical (unpaired) electrons. The van der Waals surface area contributed by atoms with Crippen molar-refractivity contribution in [2.75, 3.05) is 13.6 Å². The molecule has 0 aliphatic carbocycles. The highest BCUT2D eigenvalue weighted by Crippen LogP contribution is 2.14. The molecule has 0 saturated carbocycles. The molecule has 0 amide bonds. The van der Waals surface area contributed by atoms with Crippen LogP contribution in [0.15, 0.2) is 35.8 Å². The molecule has 0 saturated heterocycles. The van der Waals surface area contributed by atoms with Crippen molar-refractivity contribution < 1.29 is 5.11 Å². The highest BCUT2D eigenvalue weighted by Gasteiger charge is 2.18. The molecule has 21 heavy (non-hydrogen) atoms. The van der Waals surface area contributed by atoms with E-state index in [9.17, 15) is 5.11 Å². The number of aryl methyl sites for hydroxylation is 1. The fourth-order valence-electron chi connectivity index (χ4n) is 2.26. The normalized spacial score (nSPS) is 14.3. The van der Waals surface area contributed by atoms with E-state index in [4.69, 9.17) is 5.73 Å². The molecule has 1 heterocycles. The minimum absolute atomic E-state index is 0.252. The molecular weight excluding hydrogens is 282 g/mol. The van der Waals surface area contributed by atoms with E-state index < -0.39 is 6.10 Å². The Kier molecular flexibility index (Phi) is 5.87. The van der Waals surface area contributed by atoms with Crippen LogP contribution >= 0.6 is 11.3 Å². The van der Waals surface area contributed by atoms with Gasteiger partial charge in [-0.1, -0.05) is 30.3 Å². The van der Waals surface area contributed by atoms with Crippen molar-refractivity contribution >= 4 is 11.3 Å². The summed E-state index contributed by atoms with van der Waals surface area (Å²) in [5.41, 5.74) is 10.2. The van der Waals surface area contributed by atoms with E-state index in [1.54, 1.807) is 11.3 Å². The van der Waals surface area contributed by atoms with Crippen LogP contribution < -0.4 is 5.73 Å². The van der Waals surface area contributed by atoms with Gasteiger partial charge in [-0.25, -0.2) is 4.98 Å². The topological polar surface area (TPSA) is 62.4 Å². The molecular formula is C16H23N3OS. The highest BCUT2D eigenvalue weighted by molar-refractivity contribution is 7.09. The summed E-state index contributed by atoms with van der Waals surface area (Å²) in [6.07, 6.45) is 0.151. The van der Waals surface area contributed by atoms with Gasteiger partial charge in [0, 0.05) is 24.0 Å². The van der Waals surface area contributed by atoms with E-state index in [2.05, 4.69) is 9.88 Å². The van der Waals surface area contributed by atoms with Gasteiger partial charge >= 0.3 is 0 Å². The lowest BCUT2D eigenvalue weighted by atomic mass is 10.0. The fourth-order valence-corrected chi connectivity index (χ4v) is 3.12. The number of nitrogens with zero attached hydrogens (tertiary/aromatic N) is 2. The maximum atomic E-state index is 10.3. The number of aromatic nitrogens is 1. The molecule has 2 rings (SSSR count). The lowest BCUT2D eigenvalue weighted by molar-refractivity contribution is 0.0995. The van der Waals surface area contributed by atoms with Gasteiger partial charge in [-0.2, -0.15) is 0 Å². The monoisotopic (exact) mass is 305 g/mol. The van der Waals surface area contributed by atoms with Crippen LogP contribution in [0.5, 0.6) is 0 Å². The number of aliphatic hydroxyl groups excluding tert-OH is 1. The van der Waals surface area contributed by atoms with E-state index in [1.165, 1.54) is 4.88 Å². The Hall–Kier alpha value is -1.27. The van der Waals surface area contributed by atoms with E-state index in [1.807, 2.05) is 49.8 Å². The van der Waals surface area contributed by atoms with Crippen molar-refractivity contribution in [1.82, 2.24) is 9.88 Å². The number of likely N-dealkylation sites (N-methyl/N-ethyl adjacent to an activating group) is 1. The average molecular weight is 305 g/mol. The molecule has 2 atom stereocenters. The number of hydrogen-bond acceptors (Lipinski definition) is 5. The van der Waals surface area contributed by atoms with Gasteiger partial charge in [0.1, 0.15) is 0 Å². The van der Waals surface area contributed by atoms with Gasteiger partial charge in [0.15, 0.2) is 0 Å². The van der Waals surface area contributed by atoms with Crippen molar-refractivity contribution in [3.8, 4) is 0 Å². The van der Waals surface area contributed by atoms with Crippen molar-refractivity contribution in [1.29, 1.82) is 0 Å². The summed E-state index contributed by atoms with van der Waals surface area (Å²) < 4.78 is 0. The Morgan fingerprint density at radius 3 is 2.67 bits per heavy atom. The second kappa shape index (κ2) is 7.66. The van der Waals surface area contributed by atoms with Crippen LogP contribution in [0, 0.1) is 6.92 Å². The number of thiazole rings is 1. The summed E-state index contributed by atoms with van der Waals surface area (Å²) in [4.78, 5) is 7.58. The molecule has 5 heteroatoms. The lowest BCUT2D eigenvalue weighted by Crippen LogP contribution is -2.43. The maximum Gasteiger partial charge on any atom is 0.0820 e. The first-order chi connectivity index (χ1) is 10.1. The second-order valence-corrected chi connectivity index (χ2v) is 6.42. The smallest absolute Gasteiger partial charge is 0.0820 e. The van der Waals surface area contributed by atoms with Crippen molar-refractivity contribution in [3.63, 3.8) is 0 Å². The Labute approximate surface area is 130 Å². The summed E-state index contributed by atoms with van der Waals surface area (Å²) >= 11 is 1.65. The third-order valence-corrected chi connectivity index (χ3v) is 4.49. The highest BCUT2D eigenvalue weighted by atomic mass is 32.1. The van der Waals surface area contributed by atoms with Gasteiger partial charge in [0.25, 0.3) is 0 Å². The first-order valence-electron chi connectivity index (χ1n) is 7.11. The molecule has 0 aliphatic heterocycles. The van der Waals surface area contributed by atoms with E-state index >= 15 is 0 Å². The van der Waals surface area contributed by atoms with Crippen LogP contribution in [0.2, 0.25) is 0 Å². The molecule has 1 aromatic carbocycles. The van der Waals surface area contributed by atoms with Crippen LogP contribution in [0.4, 0.5) is 0 Å². The molecule has 114 valence electrons. The van der Waals surface area contributed by atoms with Crippen LogP contribution in [-0.2, 0) is 13.0 Å². The third kappa shape index (κ3) is 4.89. The zero-order valence-corrected chi connectivity index (χ0v) is 13.4. The molecule has 4 nitrogen and oxygen atoms in total. The predicted octanol–water partition coefficient (Wildman–Crippen LogP) is 1.81. The Bertz CT molecular complexity index is 543. The molecule has 2 unspecified atom stereocenters. The van der Waals surface area contributed by atoms with E-state index in [-0.39, 0.29) is 6.04 Å². The lowest BCUT2D eigenvalue weighted by Gasteiger charge is -2.24. The molecule has 0 spiro atoms. The SMILES string of the molecule is Cc1ncsc1CN(C)CC(O)C(N)Cc1ccccc1. The number of aliphatic hydroxyl groups is 1. The molecule has 0 fully saturated rings. The first kappa shape index (κ1) is 16.1. The largest absolute Gasteiger partial charge is 0.390 e. The standard InChI is InChI=1S/C16H23N3OS/c1-12-16(21-11-18-12)10-19(2)9-15(20)14(17)8-13-6-4-3-5-7-13/h3-7,11,14-15,20H,8-10,17H2,1-2H3. The number of rotatable bonds is 7. The summed E-state index contributed by atoms with van der Waals surface area (Å²) in [6.45, 7) is 3.37. The number of nitrogens with two attached hydrogens (primary N) is 1. The van der Waals surface area contributed by atoms with Crippen LogP contribution in [-0.4, -0.2) is 40.7 Å². The Morgan fingerprint density at radius 1 is 1.33 bits per heavy atom. The van der Waals surface area contributed by atoms with Gasteiger partial charge in [-0.3, -0.25) is 4.90 Å². The summed E-state index contributed by atoms with van der Waals surface area (Å²) in [7, 11) is 2.00. The van der Waals surface area contributed by atoms with Gasteiger partial charge < -0.3 is 10.8 Å². The minimum atomic E-state index is -0.538. The molecule has 3 N–H and O–H groups in total.